The smallest absolute Gasteiger partial charge is 0.294 e. The number of hydrogen-bond acceptors (Lipinski definition) is 3. The summed E-state index contributed by atoms with van der Waals surface area (Å²) < 4.78 is 18.6. The minimum Gasteiger partial charge on any atom is -0.464 e. The maximum atomic E-state index is 13.0. The number of H-pyrrole nitrogens is 1. The third kappa shape index (κ3) is 2.24. The second-order valence-electron chi connectivity index (χ2n) is 4.37. The van der Waals surface area contributed by atoms with Gasteiger partial charge in [0.1, 0.15) is 5.82 Å². The Morgan fingerprint density at radius 1 is 1.47 bits per heavy atom. The van der Waals surface area contributed by atoms with E-state index in [2.05, 4.69) is 15.3 Å². The Bertz CT molecular complexity index is 519. The van der Waals surface area contributed by atoms with E-state index in [4.69, 9.17) is 4.74 Å². The number of hydrogen-bond donors (Lipinski definition) is 2. The number of aromatic nitrogens is 2. The summed E-state index contributed by atoms with van der Waals surface area (Å²) in [6, 6.07) is 4.93. The van der Waals surface area contributed by atoms with E-state index in [-0.39, 0.29) is 5.82 Å². The number of fused-ring (bicyclic) bond motifs is 1. The molecule has 0 aliphatic carbocycles. The molecule has 2 aromatic rings. The Morgan fingerprint density at radius 2 is 2.41 bits per heavy atom. The molecule has 4 nitrogen and oxygen atoms in total. The van der Waals surface area contributed by atoms with Gasteiger partial charge < -0.3 is 15.0 Å². The van der Waals surface area contributed by atoms with Crippen molar-refractivity contribution in [3.05, 3.63) is 24.0 Å². The van der Waals surface area contributed by atoms with Crippen LogP contribution in [0.4, 0.5) is 4.39 Å². The topological polar surface area (TPSA) is 49.9 Å². The van der Waals surface area contributed by atoms with Crippen LogP contribution in [-0.4, -0.2) is 29.7 Å². The second kappa shape index (κ2) is 4.33. The summed E-state index contributed by atoms with van der Waals surface area (Å²) in [5, 5.41) is 3.28. The first kappa shape index (κ1) is 10.5. The lowest BCUT2D eigenvalue weighted by molar-refractivity contribution is 0.244. The van der Waals surface area contributed by atoms with Crippen LogP contribution in [0.1, 0.15) is 6.42 Å². The summed E-state index contributed by atoms with van der Waals surface area (Å²) >= 11 is 0. The minimum atomic E-state index is -0.271. The zero-order chi connectivity index (χ0) is 11.7. The SMILES string of the molecule is Fc1ccc2nc(OCC3CCNC3)[nH]c2c1. The highest BCUT2D eigenvalue weighted by molar-refractivity contribution is 5.75. The molecular weight excluding hydrogens is 221 g/mol. The molecule has 1 aliphatic rings. The lowest BCUT2D eigenvalue weighted by atomic mass is 10.1. The van der Waals surface area contributed by atoms with Crippen molar-refractivity contribution in [1.29, 1.82) is 0 Å². The Morgan fingerprint density at radius 3 is 3.24 bits per heavy atom. The maximum absolute atomic E-state index is 13.0. The van der Waals surface area contributed by atoms with Gasteiger partial charge in [-0.2, -0.15) is 4.98 Å². The third-order valence-corrected chi connectivity index (χ3v) is 3.04. The Kier molecular flexibility index (Phi) is 2.68. The molecule has 0 amide bonds. The molecule has 1 saturated heterocycles. The molecule has 3 rings (SSSR count). The molecule has 1 aromatic carbocycles. The first-order valence-electron chi connectivity index (χ1n) is 5.80. The summed E-state index contributed by atoms with van der Waals surface area (Å²) in [5.41, 5.74) is 1.40. The molecule has 0 bridgehead atoms. The van der Waals surface area contributed by atoms with Gasteiger partial charge in [-0.15, -0.1) is 0 Å². The van der Waals surface area contributed by atoms with E-state index in [0.29, 0.717) is 24.1 Å². The average Bonchev–Trinajstić information content (AvgIpc) is 2.94. The fourth-order valence-electron chi connectivity index (χ4n) is 2.08. The molecule has 0 radical (unpaired) electrons. The van der Waals surface area contributed by atoms with Crippen molar-refractivity contribution in [1.82, 2.24) is 15.3 Å². The van der Waals surface area contributed by atoms with Crippen molar-refractivity contribution in [3.63, 3.8) is 0 Å². The number of aromatic amines is 1. The average molecular weight is 235 g/mol. The Balaban J connectivity index is 1.72. The zero-order valence-corrected chi connectivity index (χ0v) is 9.37. The predicted molar refractivity (Wildman–Crippen MR) is 62.5 cm³/mol. The zero-order valence-electron chi connectivity index (χ0n) is 9.37. The number of benzene rings is 1. The highest BCUT2D eigenvalue weighted by atomic mass is 19.1. The summed E-state index contributed by atoms with van der Waals surface area (Å²) in [6.45, 7) is 2.70. The normalized spacial score (nSPS) is 19.9. The summed E-state index contributed by atoms with van der Waals surface area (Å²) in [5.74, 6) is 0.271. The monoisotopic (exact) mass is 235 g/mol. The lowest BCUT2D eigenvalue weighted by Crippen LogP contribution is -2.15. The van der Waals surface area contributed by atoms with Gasteiger partial charge >= 0.3 is 0 Å². The summed E-state index contributed by atoms with van der Waals surface area (Å²) in [6.07, 6.45) is 1.13. The van der Waals surface area contributed by atoms with Crippen molar-refractivity contribution in [2.24, 2.45) is 5.92 Å². The highest BCUT2D eigenvalue weighted by Gasteiger charge is 2.15. The quantitative estimate of drug-likeness (QED) is 0.851. The molecule has 5 heteroatoms. The van der Waals surface area contributed by atoms with E-state index < -0.39 is 0 Å². The van der Waals surface area contributed by atoms with Crippen LogP contribution in [0.2, 0.25) is 0 Å². The number of rotatable bonds is 3. The molecular formula is C12H14FN3O. The van der Waals surface area contributed by atoms with Crippen LogP contribution in [0.25, 0.3) is 11.0 Å². The predicted octanol–water partition coefficient (Wildman–Crippen LogP) is 1.69. The van der Waals surface area contributed by atoms with Gasteiger partial charge in [-0.25, -0.2) is 4.39 Å². The summed E-state index contributed by atoms with van der Waals surface area (Å²) in [4.78, 5) is 7.22. The van der Waals surface area contributed by atoms with E-state index in [1.54, 1.807) is 6.07 Å². The molecule has 1 unspecified atom stereocenters. The number of nitrogens with zero attached hydrogens (tertiary/aromatic N) is 1. The molecule has 0 saturated carbocycles. The van der Waals surface area contributed by atoms with Gasteiger partial charge in [0.2, 0.25) is 0 Å². The van der Waals surface area contributed by atoms with Gasteiger partial charge in [-0.3, -0.25) is 0 Å². The maximum Gasteiger partial charge on any atom is 0.294 e. The van der Waals surface area contributed by atoms with Crippen molar-refractivity contribution in [2.75, 3.05) is 19.7 Å². The molecule has 1 fully saturated rings. The Hall–Kier alpha value is -1.62. The molecule has 17 heavy (non-hydrogen) atoms. The third-order valence-electron chi connectivity index (χ3n) is 3.04. The second-order valence-corrected chi connectivity index (χ2v) is 4.37. The Labute approximate surface area is 98.2 Å². The first-order valence-corrected chi connectivity index (χ1v) is 5.80. The van der Waals surface area contributed by atoms with Crippen LogP contribution in [0.5, 0.6) is 6.01 Å². The van der Waals surface area contributed by atoms with Crippen molar-refractivity contribution in [2.45, 2.75) is 6.42 Å². The highest BCUT2D eigenvalue weighted by Crippen LogP contribution is 2.18. The van der Waals surface area contributed by atoms with Crippen molar-refractivity contribution < 1.29 is 9.13 Å². The molecule has 0 spiro atoms. The molecule has 1 aliphatic heterocycles. The van der Waals surface area contributed by atoms with E-state index in [0.717, 1.165) is 25.0 Å². The van der Waals surface area contributed by atoms with Gasteiger partial charge in [-0.05, 0) is 31.2 Å². The fraction of sp³-hybridized carbons (Fsp3) is 0.417. The summed E-state index contributed by atoms with van der Waals surface area (Å²) in [7, 11) is 0. The standard InChI is InChI=1S/C12H14FN3O/c13-9-1-2-10-11(5-9)16-12(15-10)17-7-8-3-4-14-6-8/h1-2,5,8,14H,3-4,6-7H2,(H,15,16). The number of imidazole rings is 1. The molecule has 2 N–H and O–H groups in total. The number of halogens is 1. The van der Waals surface area contributed by atoms with E-state index in [9.17, 15) is 4.39 Å². The van der Waals surface area contributed by atoms with Crippen LogP contribution in [0.15, 0.2) is 18.2 Å². The van der Waals surface area contributed by atoms with E-state index in [1.807, 2.05) is 0 Å². The van der Waals surface area contributed by atoms with E-state index in [1.165, 1.54) is 12.1 Å². The van der Waals surface area contributed by atoms with Gasteiger partial charge in [0, 0.05) is 12.5 Å². The molecule has 90 valence electrons. The van der Waals surface area contributed by atoms with Gasteiger partial charge in [0.25, 0.3) is 6.01 Å². The van der Waals surface area contributed by atoms with Crippen LogP contribution >= 0.6 is 0 Å². The van der Waals surface area contributed by atoms with Crippen LogP contribution in [0, 0.1) is 11.7 Å². The van der Waals surface area contributed by atoms with Gasteiger partial charge in [-0.1, -0.05) is 0 Å². The minimum absolute atomic E-state index is 0.271. The van der Waals surface area contributed by atoms with E-state index >= 15 is 0 Å². The van der Waals surface area contributed by atoms with Crippen molar-refractivity contribution in [3.8, 4) is 6.01 Å². The number of nitrogens with one attached hydrogen (secondary N) is 2. The first-order chi connectivity index (χ1) is 8.31. The van der Waals surface area contributed by atoms with Crippen molar-refractivity contribution >= 4 is 11.0 Å². The number of ether oxygens (including phenoxy) is 1. The molecule has 2 heterocycles. The van der Waals surface area contributed by atoms with Gasteiger partial charge in [0.15, 0.2) is 0 Å². The fourth-order valence-corrected chi connectivity index (χ4v) is 2.08. The lowest BCUT2D eigenvalue weighted by Gasteiger charge is -2.07. The molecule has 1 atom stereocenters. The van der Waals surface area contributed by atoms with Crippen LogP contribution in [-0.2, 0) is 0 Å². The van der Waals surface area contributed by atoms with Crippen LogP contribution < -0.4 is 10.1 Å². The molecule has 1 aromatic heterocycles. The van der Waals surface area contributed by atoms with Crippen LogP contribution in [0.3, 0.4) is 0 Å². The van der Waals surface area contributed by atoms with Gasteiger partial charge in [0.05, 0.1) is 17.6 Å². The largest absolute Gasteiger partial charge is 0.464 e.